The van der Waals surface area contributed by atoms with Gasteiger partial charge in [-0.05, 0) is 48.9 Å². The van der Waals surface area contributed by atoms with E-state index >= 15 is 0 Å². The standard InChI is InChI=1S/C22H21ClN2O4S/c1-16-9-11-20(12-10-16)30(26,27)25-24-14-18-6-4-8-21(28-2)22(18)29-15-17-5-3-7-19(23)13-17/h3-14,25H,15H2,1-2H3/b24-14-. The molecule has 0 heterocycles. The number of hydrogen-bond acceptors (Lipinski definition) is 5. The molecular formula is C22H21ClN2O4S. The Morgan fingerprint density at radius 2 is 1.80 bits per heavy atom. The maximum absolute atomic E-state index is 12.4. The maximum Gasteiger partial charge on any atom is 0.276 e. The van der Waals surface area contributed by atoms with Gasteiger partial charge in [-0.25, -0.2) is 4.83 Å². The molecule has 0 atom stereocenters. The van der Waals surface area contributed by atoms with Crippen molar-refractivity contribution in [1.82, 2.24) is 4.83 Å². The van der Waals surface area contributed by atoms with Crippen LogP contribution in [0.3, 0.4) is 0 Å². The molecule has 0 fully saturated rings. The van der Waals surface area contributed by atoms with Crippen molar-refractivity contribution >= 4 is 27.8 Å². The zero-order valence-electron chi connectivity index (χ0n) is 16.5. The molecule has 0 amide bonds. The number of nitrogens with one attached hydrogen (secondary N) is 1. The average molecular weight is 445 g/mol. The monoisotopic (exact) mass is 444 g/mol. The van der Waals surface area contributed by atoms with Gasteiger partial charge in [-0.3, -0.25) is 0 Å². The Kier molecular flexibility index (Phi) is 6.97. The largest absolute Gasteiger partial charge is 0.493 e. The zero-order valence-corrected chi connectivity index (χ0v) is 18.1. The molecule has 3 rings (SSSR count). The van der Waals surface area contributed by atoms with Crippen molar-refractivity contribution in [3.63, 3.8) is 0 Å². The third-order valence-corrected chi connectivity index (χ3v) is 5.68. The van der Waals surface area contributed by atoms with E-state index in [1.807, 2.05) is 19.1 Å². The lowest BCUT2D eigenvalue weighted by atomic mass is 10.2. The Hall–Kier alpha value is -3.03. The summed E-state index contributed by atoms with van der Waals surface area (Å²) in [4.78, 5) is 2.35. The van der Waals surface area contributed by atoms with Crippen LogP contribution < -0.4 is 14.3 Å². The fourth-order valence-electron chi connectivity index (χ4n) is 2.67. The number of para-hydroxylation sites is 1. The van der Waals surface area contributed by atoms with E-state index in [9.17, 15) is 8.42 Å². The molecular weight excluding hydrogens is 424 g/mol. The minimum atomic E-state index is -3.77. The van der Waals surface area contributed by atoms with Gasteiger partial charge in [0.15, 0.2) is 11.5 Å². The van der Waals surface area contributed by atoms with Gasteiger partial charge in [-0.1, -0.05) is 47.5 Å². The number of ether oxygens (including phenoxy) is 2. The molecule has 0 aliphatic carbocycles. The van der Waals surface area contributed by atoms with Crippen molar-refractivity contribution in [2.45, 2.75) is 18.4 Å². The smallest absolute Gasteiger partial charge is 0.276 e. The van der Waals surface area contributed by atoms with Crippen LogP contribution in [0.2, 0.25) is 5.02 Å². The fourth-order valence-corrected chi connectivity index (χ4v) is 3.67. The van der Waals surface area contributed by atoms with Gasteiger partial charge < -0.3 is 9.47 Å². The fraction of sp³-hybridized carbons (Fsp3) is 0.136. The number of halogens is 1. The molecule has 6 nitrogen and oxygen atoms in total. The lowest BCUT2D eigenvalue weighted by molar-refractivity contribution is 0.284. The molecule has 0 aliphatic rings. The molecule has 0 radical (unpaired) electrons. The number of nitrogens with zero attached hydrogens (tertiary/aromatic N) is 1. The Morgan fingerprint density at radius 1 is 1.07 bits per heavy atom. The first-order chi connectivity index (χ1) is 14.4. The Labute approximate surface area is 181 Å². The van der Waals surface area contributed by atoms with Crippen molar-refractivity contribution in [1.29, 1.82) is 0 Å². The summed E-state index contributed by atoms with van der Waals surface area (Å²) in [6.45, 7) is 2.15. The molecule has 0 aliphatic heterocycles. The lowest BCUT2D eigenvalue weighted by Gasteiger charge is -2.13. The predicted molar refractivity (Wildman–Crippen MR) is 118 cm³/mol. The first kappa shape index (κ1) is 21.7. The molecule has 0 saturated carbocycles. The molecule has 3 aromatic rings. The highest BCUT2D eigenvalue weighted by Gasteiger charge is 2.13. The van der Waals surface area contributed by atoms with Crippen LogP contribution in [0.25, 0.3) is 0 Å². The number of sulfonamides is 1. The summed E-state index contributed by atoms with van der Waals surface area (Å²) in [5.41, 5.74) is 2.41. The SMILES string of the molecule is COc1cccc(/C=N\NS(=O)(=O)c2ccc(C)cc2)c1OCc1cccc(Cl)c1. The summed E-state index contributed by atoms with van der Waals surface area (Å²) in [7, 11) is -2.24. The third kappa shape index (κ3) is 5.52. The van der Waals surface area contributed by atoms with Gasteiger partial charge in [0, 0.05) is 10.6 Å². The van der Waals surface area contributed by atoms with Gasteiger partial charge in [-0.2, -0.15) is 13.5 Å². The molecule has 0 aromatic heterocycles. The van der Waals surface area contributed by atoms with Crippen LogP contribution in [0.1, 0.15) is 16.7 Å². The van der Waals surface area contributed by atoms with Gasteiger partial charge in [0.05, 0.1) is 18.2 Å². The topological polar surface area (TPSA) is 77.0 Å². The Balaban J connectivity index is 1.79. The summed E-state index contributed by atoms with van der Waals surface area (Å²) < 4.78 is 36.1. The Bertz CT molecular complexity index is 1150. The van der Waals surface area contributed by atoms with E-state index in [1.54, 1.807) is 42.5 Å². The van der Waals surface area contributed by atoms with Crippen molar-refractivity contribution in [3.05, 3.63) is 88.4 Å². The average Bonchev–Trinajstić information content (AvgIpc) is 2.73. The van der Waals surface area contributed by atoms with Crippen molar-refractivity contribution in [2.24, 2.45) is 5.10 Å². The lowest BCUT2D eigenvalue weighted by Crippen LogP contribution is -2.18. The zero-order chi connectivity index (χ0) is 21.6. The molecule has 0 bridgehead atoms. The van der Waals surface area contributed by atoms with Crippen LogP contribution in [-0.4, -0.2) is 21.7 Å². The van der Waals surface area contributed by atoms with Gasteiger partial charge in [0.25, 0.3) is 10.0 Å². The summed E-state index contributed by atoms with van der Waals surface area (Å²) in [6, 6.07) is 19.1. The second kappa shape index (κ2) is 9.65. The highest BCUT2D eigenvalue weighted by Crippen LogP contribution is 2.31. The van der Waals surface area contributed by atoms with Crippen LogP contribution >= 0.6 is 11.6 Å². The molecule has 3 aromatic carbocycles. The van der Waals surface area contributed by atoms with E-state index in [-0.39, 0.29) is 11.5 Å². The van der Waals surface area contributed by atoms with E-state index in [4.69, 9.17) is 21.1 Å². The second-order valence-corrected chi connectivity index (χ2v) is 8.56. The highest BCUT2D eigenvalue weighted by molar-refractivity contribution is 7.89. The maximum atomic E-state index is 12.4. The normalized spacial score (nSPS) is 11.4. The van der Waals surface area contributed by atoms with E-state index in [0.29, 0.717) is 22.1 Å². The van der Waals surface area contributed by atoms with Crippen LogP contribution in [0, 0.1) is 6.92 Å². The van der Waals surface area contributed by atoms with Crippen molar-refractivity contribution in [2.75, 3.05) is 7.11 Å². The van der Waals surface area contributed by atoms with Gasteiger partial charge in [-0.15, -0.1) is 0 Å². The number of aryl methyl sites for hydroxylation is 1. The van der Waals surface area contributed by atoms with Crippen LogP contribution in [-0.2, 0) is 16.6 Å². The van der Waals surface area contributed by atoms with Crippen LogP contribution in [0.15, 0.2) is 76.7 Å². The van der Waals surface area contributed by atoms with E-state index in [2.05, 4.69) is 9.93 Å². The molecule has 0 spiro atoms. The van der Waals surface area contributed by atoms with E-state index in [1.165, 1.54) is 25.5 Å². The first-order valence-electron chi connectivity index (χ1n) is 9.05. The minimum Gasteiger partial charge on any atom is -0.493 e. The van der Waals surface area contributed by atoms with Gasteiger partial charge in [0.2, 0.25) is 0 Å². The number of hydrogen-bond donors (Lipinski definition) is 1. The van der Waals surface area contributed by atoms with Crippen LogP contribution in [0.4, 0.5) is 0 Å². The molecule has 0 saturated heterocycles. The highest BCUT2D eigenvalue weighted by atomic mass is 35.5. The number of hydrazone groups is 1. The molecule has 8 heteroatoms. The van der Waals surface area contributed by atoms with Crippen LogP contribution in [0.5, 0.6) is 11.5 Å². The summed E-state index contributed by atoms with van der Waals surface area (Å²) in [5.74, 6) is 0.945. The quantitative estimate of drug-likeness (QED) is 0.408. The summed E-state index contributed by atoms with van der Waals surface area (Å²) in [6.07, 6.45) is 1.38. The van der Waals surface area contributed by atoms with Crippen molar-refractivity contribution in [3.8, 4) is 11.5 Å². The number of methoxy groups -OCH3 is 1. The minimum absolute atomic E-state index is 0.133. The van der Waals surface area contributed by atoms with E-state index < -0.39 is 10.0 Å². The third-order valence-electron chi connectivity index (χ3n) is 4.21. The molecule has 1 N–H and O–H groups in total. The van der Waals surface area contributed by atoms with Gasteiger partial charge >= 0.3 is 0 Å². The molecule has 30 heavy (non-hydrogen) atoms. The predicted octanol–water partition coefficient (Wildman–Crippen LogP) is 4.55. The molecule has 156 valence electrons. The number of rotatable bonds is 8. The van der Waals surface area contributed by atoms with Gasteiger partial charge in [0.1, 0.15) is 6.61 Å². The number of benzene rings is 3. The summed E-state index contributed by atoms with van der Waals surface area (Å²) in [5, 5.41) is 4.51. The van der Waals surface area contributed by atoms with E-state index in [0.717, 1.165) is 11.1 Å². The summed E-state index contributed by atoms with van der Waals surface area (Å²) >= 11 is 6.02. The first-order valence-corrected chi connectivity index (χ1v) is 10.9. The second-order valence-electron chi connectivity index (χ2n) is 6.46. The Morgan fingerprint density at radius 3 is 2.50 bits per heavy atom. The van der Waals surface area contributed by atoms with Crippen molar-refractivity contribution < 1.29 is 17.9 Å². The molecule has 0 unspecified atom stereocenters.